The smallest absolute Gasteiger partial charge is 0.243 e. The van der Waals surface area contributed by atoms with Crippen molar-refractivity contribution in [2.24, 2.45) is 0 Å². The van der Waals surface area contributed by atoms with E-state index in [1.807, 2.05) is 35.0 Å². The van der Waals surface area contributed by atoms with Gasteiger partial charge in [-0.2, -0.15) is 0 Å². The predicted molar refractivity (Wildman–Crippen MR) is 120 cm³/mol. The van der Waals surface area contributed by atoms with Crippen LogP contribution in [0.3, 0.4) is 0 Å². The van der Waals surface area contributed by atoms with Crippen molar-refractivity contribution in [3.63, 3.8) is 0 Å². The van der Waals surface area contributed by atoms with E-state index in [2.05, 4.69) is 10.3 Å². The molecule has 1 aromatic heterocycles. The zero-order valence-electron chi connectivity index (χ0n) is 17.8. The molecule has 0 bridgehead atoms. The van der Waals surface area contributed by atoms with Crippen LogP contribution in [-0.4, -0.2) is 49.4 Å². The van der Waals surface area contributed by atoms with E-state index < -0.39 is 22.0 Å². The molecule has 0 spiro atoms. The molecule has 3 aromatic rings. The first-order chi connectivity index (χ1) is 15.3. The van der Waals surface area contributed by atoms with Crippen LogP contribution in [0.15, 0.2) is 61.2 Å². The third kappa shape index (κ3) is 4.70. The second-order valence-electron chi connectivity index (χ2n) is 7.42. The molecule has 1 aliphatic heterocycles. The lowest BCUT2D eigenvalue weighted by Gasteiger charge is -2.29. The maximum atomic E-state index is 12.8. The summed E-state index contributed by atoms with van der Waals surface area (Å²) in [6.07, 6.45) is 6.32. The molecular weight excluding hydrogens is 432 g/mol. The van der Waals surface area contributed by atoms with Crippen LogP contribution >= 0.6 is 0 Å². The van der Waals surface area contributed by atoms with Crippen LogP contribution in [0.25, 0.3) is 5.69 Å². The summed E-state index contributed by atoms with van der Waals surface area (Å²) in [7, 11) is -3.73. The van der Waals surface area contributed by atoms with Crippen molar-refractivity contribution in [1.82, 2.24) is 14.9 Å². The molecule has 10 heteroatoms. The van der Waals surface area contributed by atoms with E-state index in [1.165, 1.54) is 0 Å². The number of imidazole rings is 1. The molecular formula is C22H24N4O5S. The number of anilines is 1. The number of ether oxygens (including phenoxy) is 2. The average molecular weight is 457 g/mol. The van der Waals surface area contributed by atoms with Gasteiger partial charge in [-0.25, -0.2) is 13.4 Å². The van der Waals surface area contributed by atoms with Crippen LogP contribution in [0.2, 0.25) is 0 Å². The van der Waals surface area contributed by atoms with Gasteiger partial charge >= 0.3 is 0 Å². The Morgan fingerprint density at radius 3 is 2.53 bits per heavy atom. The lowest BCUT2D eigenvalue weighted by atomic mass is 10.2. The van der Waals surface area contributed by atoms with Crippen LogP contribution in [0.1, 0.15) is 12.5 Å². The number of carbonyl (C=O) groups excluding carboxylic acids is 1. The Hall–Kier alpha value is -3.53. The molecule has 1 N–H and O–H groups in total. The second kappa shape index (κ2) is 8.91. The van der Waals surface area contributed by atoms with Gasteiger partial charge in [0.25, 0.3) is 0 Å². The molecule has 32 heavy (non-hydrogen) atoms. The van der Waals surface area contributed by atoms with Crippen molar-refractivity contribution in [2.75, 3.05) is 23.8 Å². The monoisotopic (exact) mass is 456 g/mol. The number of nitrogens with zero attached hydrogens (tertiary/aromatic N) is 3. The van der Waals surface area contributed by atoms with Crippen LogP contribution in [-0.2, 0) is 21.4 Å². The summed E-state index contributed by atoms with van der Waals surface area (Å²) in [4.78, 5) is 16.9. The van der Waals surface area contributed by atoms with Crippen molar-refractivity contribution in [2.45, 2.75) is 19.5 Å². The van der Waals surface area contributed by atoms with Crippen molar-refractivity contribution < 1.29 is 22.7 Å². The highest BCUT2D eigenvalue weighted by Gasteiger charge is 2.30. The first-order valence-corrected chi connectivity index (χ1v) is 11.9. The summed E-state index contributed by atoms with van der Waals surface area (Å²) in [5.41, 5.74) is 2.18. The Kier molecular flexibility index (Phi) is 6.04. The Morgan fingerprint density at radius 1 is 1.16 bits per heavy atom. The minimum atomic E-state index is -3.73. The number of amides is 1. The van der Waals surface area contributed by atoms with Crippen LogP contribution in [0.4, 0.5) is 5.69 Å². The van der Waals surface area contributed by atoms with E-state index in [4.69, 9.17) is 9.47 Å². The molecule has 0 radical (unpaired) electrons. The standard InChI is InChI=1S/C22H24N4O5S/c1-16(22(27)24-14-17-3-5-18(6-4-17)25-10-9-23-15-25)26(32(2,28)29)19-7-8-20-21(13-19)31-12-11-30-20/h3-10,13,15-16H,11-12,14H2,1-2H3,(H,24,27)/t16-/m1/s1. The molecule has 1 atom stereocenters. The van der Waals surface area contributed by atoms with Gasteiger partial charge in [0.1, 0.15) is 19.3 Å². The van der Waals surface area contributed by atoms with E-state index in [1.54, 1.807) is 37.6 Å². The molecule has 2 aromatic carbocycles. The Balaban J connectivity index is 1.47. The Morgan fingerprint density at radius 2 is 1.88 bits per heavy atom. The van der Waals surface area contributed by atoms with Crippen LogP contribution in [0, 0.1) is 0 Å². The number of benzene rings is 2. The van der Waals surface area contributed by atoms with Gasteiger partial charge < -0.3 is 19.4 Å². The summed E-state index contributed by atoms with van der Waals surface area (Å²) in [6.45, 7) is 2.64. The maximum Gasteiger partial charge on any atom is 0.243 e. The number of sulfonamides is 1. The molecule has 0 saturated heterocycles. The topological polar surface area (TPSA) is 103 Å². The molecule has 0 fully saturated rings. The summed E-state index contributed by atoms with van der Waals surface area (Å²) in [5.74, 6) is 0.585. The van der Waals surface area contributed by atoms with Gasteiger partial charge in [0.15, 0.2) is 11.5 Å². The molecule has 0 unspecified atom stereocenters. The number of fused-ring (bicyclic) bond motifs is 1. The van der Waals surface area contributed by atoms with Gasteiger partial charge in [0, 0.05) is 30.7 Å². The largest absolute Gasteiger partial charge is 0.486 e. The zero-order valence-corrected chi connectivity index (χ0v) is 18.6. The maximum absolute atomic E-state index is 12.8. The number of hydrogen-bond donors (Lipinski definition) is 1. The second-order valence-corrected chi connectivity index (χ2v) is 9.28. The Labute approximate surface area is 186 Å². The molecule has 2 heterocycles. The summed E-state index contributed by atoms with van der Waals surface area (Å²) >= 11 is 0. The van der Waals surface area contributed by atoms with E-state index >= 15 is 0 Å². The number of carbonyl (C=O) groups is 1. The van der Waals surface area contributed by atoms with E-state index in [-0.39, 0.29) is 6.54 Å². The van der Waals surface area contributed by atoms with Crippen molar-refractivity contribution >= 4 is 21.6 Å². The van der Waals surface area contributed by atoms with E-state index in [0.717, 1.165) is 21.8 Å². The highest BCUT2D eigenvalue weighted by molar-refractivity contribution is 7.92. The van der Waals surface area contributed by atoms with Crippen LogP contribution < -0.4 is 19.1 Å². The normalized spacial score (nSPS) is 13.9. The molecule has 0 aliphatic carbocycles. The Bertz CT molecular complexity index is 1190. The zero-order chi connectivity index (χ0) is 22.7. The first-order valence-electron chi connectivity index (χ1n) is 10.1. The molecule has 1 amide bonds. The van der Waals surface area contributed by atoms with Crippen molar-refractivity contribution in [1.29, 1.82) is 0 Å². The summed E-state index contributed by atoms with van der Waals surface area (Å²) < 4.78 is 39.1. The fraction of sp³-hybridized carbons (Fsp3) is 0.273. The van der Waals surface area contributed by atoms with Gasteiger partial charge in [0.2, 0.25) is 15.9 Å². The molecule has 1 aliphatic rings. The van der Waals surface area contributed by atoms with Crippen LogP contribution in [0.5, 0.6) is 11.5 Å². The minimum absolute atomic E-state index is 0.270. The quantitative estimate of drug-likeness (QED) is 0.584. The highest BCUT2D eigenvalue weighted by Crippen LogP contribution is 2.35. The van der Waals surface area contributed by atoms with Gasteiger partial charge in [-0.1, -0.05) is 12.1 Å². The van der Waals surface area contributed by atoms with Gasteiger partial charge in [-0.3, -0.25) is 9.10 Å². The minimum Gasteiger partial charge on any atom is -0.486 e. The van der Waals surface area contributed by atoms with Crippen molar-refractivity contribution in [3.8, 4) is 17.2 Å². The average Bonchev–Trinajstić information content (AvgIpc) is 3.32. The lowest BCUT2D eigenvalue weighted by Crippen LogP contribution is -2.47. The van der Waals surface area contributed by atoms with Gasteiger partial charge in [-0.15, -0.1) is 0 Å². The highest BCUT2D eigenvalue weighted by atomic mass is 32.2. The van der Waals surface area contributed by atoms with Gasteiger partial charge in [0.05, 0.1) is 18.3 Å². The number of aromatic nitrogens is 2. The van der Waals surface area contributed by atoms with E-state index in [0.29, 0.717) is 30.4 Å². The summed E-state index contributed by atoms with van der Waals surface area (Å²) in [6, 6.07) is 11.5. The summed E-state index contributed by atoms with van der Waals surface area (Å²) in [5, 5.41) is 2.82. The van der Waals surface area contributed by atoms with E-state index in [9.17, 15) is 13.2 Å². The third-order valence-corrected chi connectivity index (χ3v) is 6.32. The number of nitrogens with one attached hydrogen (secondary N) is 1. The fourth-order valence-corrected chi connectivity index (χ4v) is 4.68. The number of rotatable bonds is 7. The fourth-order valence-electron chi connectivity index (χ4n) is 3.51. The molecule has 168 valence electrons. The molecule has 9 nitrogen and oxygen atoms in total. The molecule has 4 rings (SSSR count). The van der Waals surface area contributed by atoms with Gasteiger partial charge in [-0.05, 0) is 36.8 Å². The lowest BCUT2D eigenvalue weighted by molar-refractivity contribution is -0.122. The molecule has 0 saturated carbocycles. The SMILES string of the molecule is C[C@H](C(=O)NCc1ccc(-n2ccnc2)cc1)N(c1ccc2c(c1)OCCO2)S(C)(=O)=O. The number of hydrogen-bond acceptors (Lipinski definition) is 6. The van der Waals surface area contributed by atoms with Crippen molar-refractivity contribution in [3.05, 3.63) is 66.7 Å². The predicted octanol–water partition coefficient (Wildman–Crippen LogP) is 2.11. The first kappa shape index (κ1) is 21.7. The third-order valence-electron chi connectivity index (χ3n) is 5.07.